The summed E-state index contributed by atoms with van der Waals surface area (Å²) in [6.45, 7) is -0.618. The number of aliphatic carboxylic acids is 1. The van der Waals surface area contributed by atoms with Gasteiger partial charge >= 0.3 is 5.97 Å². The number of rotatable bonds is 5. The van der Waals surface area contributed by atoms with Crippen LogP contribution in [0, 0.1) is 0 Å². The van der Waals surface area contributed by atoms with Crippen LogP contribution in [0.3, 0.4) is 0 Å². The van der Waals surface area contributed by atoms with E-state index in [2.05, 4.69) is 0 Å². The minimum atomic E-state index is -3.05. The van der Waals surface area contributed by atoms with Gasteiger partial charge in [-0.15, -0.1) is 0 Å². The van der Waals surface area contributed by atoms with Crippen molar-refractivity contribution in [2.75, 3.05) is 6.61 Å². The molecule has 3 nitrogen and oxygen atoms in total. The second-order valence-corrected chi connectivity index (χ2v) is 2.22. The lowest BCUT2D eigenvalue weighted by molar-refractivity contribution is -0.139. The van der Waals surface area contributed by atoms with Crippen LogP contribution in [-0.2, 0) is 4.79 Å². The van der Waals surface area contributed by atoms with Crippen LogP contribution in [0.25, 0.3) is 0 Å². The van der Waals surface area contributed by atoms with Crippen LogP contribution in [0.15, 0.2) is 0 Å². The van der Waals surface area contributed by atoms with E-state index in [0.29, 0.717) is 0 Å². The molecule has 0 aliphatic rings. The Labute approximate surface area is 62.6 Å². The van der Waals surface area contributed by atoms with Gasteiger partial charge in [-0.3, -0.25) is 4.79 Å². The molecule has 0 rings (SSSR count). The fourth-order valence-electron chi connectivity index (χ4n) is 0.578. The van der Waals surface area contributed by atoms with E-state index in [4.69, 9.17) is 10.2 Å². The first-order chi connectivity index (χ1) is 4.98. The van der Waals surface area contributed by atoms with Crippen LogP contribution in [0.2, 0.25) is 0 Å². The van der Waals surface area contributed by atoms with Crippen LogP contribution >= 0.6 is 0 Å². The normalized spacial score (nSPS) is 11.5. The SMILES string of the molecule is O=C(O)CCC(F)(F)CCO. The minimum absolute atomic E-state index is 0.562. The molecule has 0 aromatic rings. The van der Waals surface area contributed by atoms with Crippen LogP contribution in [0.4, 0.5) is 8.78 Å². The summed E-state index contributed by atoms with van der Waals surface area (Å²) in [5, 5.41) is 16.2. The zero-order valence-electron chi connectivity index (χ0n) is 5.89. The lowest BCUT2D eigenvalue weighted by Crippen LogP contribution is -2.19. The highest BCUT2D eigenvalue weighted by Gasteiger charge is 2.28. The van der Waals surface area contributed by atoms with Crippen molar-refractivity contribution in [1.29, 1.82) is 0 Å². The fraction of sp³-hybridized carbons (Fsp3) is 0.833. The molecule has 0 radical (unpaired) electrons. The van der Waals surface area contributed by atoms with Crippen LogP contribution in [0.1, 0.15) is 19.3 Å². The van der Waals surface area contributed by atoms with Gasteiger partial charge in [-0.2, -0.15) is 0 Å². The van der Waals surface area contributed by atoms with Crippen molar-refractivity contribution >= 4 is 5.97 Å². The Balaban J connectivity index is 3.63. The molecule has 0 saturated heterocycles. The molecule has 2 N–H and O–H groups in total. The monoisotopic (exact) mass is 168 g/mol. The number of alkyl halides is 2. The van der Waals surface area contributed by atoms with Gasteiger partial charge in [-0.1, -0.05) is 0 Å². The maximum Gasteiger partial charge on any atom is 0.303 e. The van der Waals surface area contributed by atoms with E-state index < -0.39 is 37.8 Å². The fourth-order valence-corrected chi connectivity index (χ4v) is 0.578. The van der Waals surface area contributed by atoms with Gasteiger partial charge in [0.2, 0.25) is 0 Å². The van der Waals surface area contributed by atoms with Gasteiger partial charge in [0.25, 0.3) is 5.92 Å². The molecule has 0 atom stereocenters. The molecule has 0 aliphatic carbocycles. The average molecular weight is 168 g/mol. The predicted octanol–water partition coefficient (Wildman–Crippen LogP) is 0.869. The Hall–Kier alpha value is -0.710. The minimum Gasteiger partial charge on any atom is -0.481 e. The van der Waals surface area contributed by atoms with Crippen molar-refractivity contribution in [2.24, 2.45) is 0 Å². The summed E-state index contributed by atoms with van der Waals surface area (Å²) in [5.74, 6) is -4.30. The predicted molar refractivity (Wildman–Crippen MR) is 33.5 cm³/mol. The summed E-state index contributed by atoms with van der Waals surface area (Å²) < 4.78 is 24.7. The molecule has 0 unspecified atom stereocenters. The second-order valence-electron chi connectivity index (χ2n) is 2.22. The Morgan fingerprint density at radius 2 is 1.91 bits per heavy atom. The third-order valence-corrected chi connectivity index (χ3v) is 1.18. The van der Waals surface area contributed by atoms with Crippen LogP contribution in [0.5, 0.6) is 0 Å². The van der Waals surface area contributed by atoms with Gasteiger partial charge in [-0.25, -0.2) is 8.78 Å². The Morgan fingerprint density at radius 1 is 1.36 bits per heavy atom. The topological polar surface area (TPSA) is 57.5 Å². The van der Waals surface area contributed by atoms with Gasteiger partial charge in [0.15, 0.2) is 0 Å². The van der Waals surface area contributed by atoms with E-state index in [0.717, 1.165) is 0 Å². The summed E-state index contributed by atoms with van der Waals surface area (Å²) in [5.41, 5.74) is 0. The molecule has 0 amide bonds. The smallest absolute Gasteiger partial charge is 0.303 e. The number of halogens is 2. The number of carboxylic acid groups (broad SMARTS) is 1. The van der Waals surface area contributed by atoms with E-state index in [1.807, 2.05) is 0 Å². The molecule has 0 heterocycles. The Bertz CT molecular complexity index is 136. The summed E-state index contributed by atoms with van der Waals surface area (Å²) in [7, 11) is 0. The summed E-state index contributed by atoms with van der Waals surface area (Å²) in [4.78, 5) is 9.85. The number of aliphatic hydroxyl groups is 1. The molecular weight excluding hydrogens is 158 g/mol. The van der Waals surface area contributed by atoms with Crippen molar-refractivity contribution in [3.8, 4) is 0 Å². The highest BCUT2D eigenvalue weighted by atomic mass is 19.3. The van der Waals surface area contributed by atoms with E-state index in [1.54, 1.807) is 0 Å². The molecule has 66 valence electrons. The molecule has 0 bridgehead atoms. The maximum absolute atomic E-state index is 12.4. The quantitative estimate of drug-likeness (QED) is 0.640. The molecule has 0 aromatic heterocycles. The third kappa shape index (κ3) is 5.72. The lowest BCUT2D eigenvalue weighted by Gasteiger charge is -2.12. The standard InChI is InChI=1S/C6H10F2O3/c7-6(8,3-4-9)2-1-5(10)11/h9H,1-4H2,(H,10,11). The first-order valence-electron chi connectivity index (χ1n) is 3.18. The molecule has 0 aromatic carbocycles. The zero-order valence-corrected chi connectivity index (χ0v) is 5.89. The molecule has 0 aliphatic heterocycles. The summed E-state index contributed by atoms with van der Waals surface area (Å²) >= 11 is 0. The molecule has 0 spiro atoms. The Morgan fingerprint density at radius 3 is 2.27 bits per heavy atom. The maximum atomic E-state index is 12.4. The van der Waals surface area contributed by atoms with Crippen LogP contribution < -0.4 is 0 Å². The number of hydrogen-bond donors (Lipinski definition) is 2. The van der Waals surface area contributed by atoms with Crippen molar-refractivity contribution < 1.29 is 23.8 Å². The van der Waals surface area contributed by atoms with E-state index in [9.17, 15) is 13.6 Å². The number of carboxylic acids is 1. The Kier molecular flexibility index (Phi) is 3.95. The van der Waals surface area contributed by atoms with Gasteiger partial charge in [0.05, 0.1) is 6.42 Å². The van der Waals surface area contributed by atoms with Crippen molar-refractivity contribution in [1.82, 2.24) is 0 Å². The number of carbonyl (C=O) groups is 1. The van der Waals surface area contributed by atoms with Crippen LogP contribution in [-0.4, -0.2) is 28.7 Å². The molecule has 0 fully saturated rings. The molecule has 11 heavy (non-hydrogen) atoms. The zero-order chi connectivity index (χ0) is 8.91. The van der Waals surface area contributed by atoms with Gasteiger partial charge in [-0.05, 0) is 0 Å². The molecular formula is C6H10F2O3. The van der Waals surface area contributed by atoms with Crippen molar-refractivity contribution in [3.05, 3.63) is 0 Å². The molecule has 5 heteroatoms. The van der Waals surface area contributed by atoms with Gasteiger partial charge < -0.3 is 10.2 Å². The number of aliphatic hydroxyl groups excluding tert-OH is 1. The highest BCUT2D eigenvalue weighted by Crippen LogP contribution is 2.23. The highest BCUT2D eigenvalue weighted by molar-refractivity contribution is 5.66. The van der Waals surface area contributed by atoms with E-state index >= 15 is 0 Å². The largest absolute Gasteiger partial charge is 0.481 e. The first kappa shape index (κ1) is 10.3. The first-order valence-corrected chi connectivity index (χ1v) is 3.18. The van der Waals surface area contributed by atoms with Crippen molar-refractivity contribution in [3.63, 3.8) is 0 Å². The lowest BCUT2D eigenvalue weighted by atomic mass is 10.1. The summed E-state index contributed by atoms with van der Waals surface area (Å²) in [6.07, 6.45) is -1.93. The number of hydrogen-bond acceptors (Lipinski definition) is 2. The second kappa shape index (κ2) is 4.23. The third-order valence-electron chi connectivity index (χ3n) is 1.18. The average Bonchev–Trinajstić information content (AvgIpc) is 1.84. The molecule has 0 saturated carbocycles. The van der Waals surface area contributed by atoms with E-state index in [-0.39, 0.29) is 0 Å². The van der Waals surface area contributed by atoms with Crippen molar-refractivity contribution in [2.45, 2.75) is 25.2 Å². The van der Waals surface area contributed by atoms with E-state index in [1.165, 1.54) is 0 Å². The van der Waals surface area contributed by atoms with Gasteiger partial charge in [0, 0.05) is 19.4 Å². The van der Waals surface area contributed by atoms with Gasteiger partial charge in [0.1, 0.15) is 0 Å². The summed E-state index contributed by atoms with van der Waals surface area (Å²) in [6, 6.07) is 0.